The maximum Gasteiger partial charge on any atom is 0.0701 e. The topological polar surface area (TPSA) is 77.4 Å². The van der Waals surface area contributed by atoms with E-state index >= 15 is 0 Å². The molecule has 2 N–H and O–H groups in total. The van der Waals surface area contributed by atoms with Crippen LogP contribution in [-0.4, -0.2) is 76.3 Å². The highest BCUT2D eigenvalue weighted by Gasteiger charge is 1.90. The van der Waals surface area contributed by atoms with E-state index in [4.69, 9.17) is 29.2 Å². The van der Waals surface area contributed by atoms with Crippen LogP contribution in [0.4, 0.5) is 0 Å². The van der Waals surface area contributed by atoms with Crippen LogP contribution in [-0.2, 0) is 18.9 Å². The van der Waals surface area contributed by atoms with Gasteiger partial charge in [0.05, 0.1) is 52.9 Å². The predicted molar refractivity (Wildman–Crippen MR) is 82.6 cm³/mol. The first-order valence-electron chi connectivity index (χ1n) is 7.86. The summed E-state index contributed by atoms with van der Waals surface area (Å²) in [5, 5.41) is 16.7. The quantitative estimate of drug-likeness (QED) is 0.443. The Kier molecular flexibility index (Phi) is 27.2. The molecule has 0 atom stereocenters. The first kappa shape index (κ1) is 23.0. The average Bonchev–Trinajstić information content (AvgIpc) is 2.51. The van der Waals surface area contributed by atoms with Gasteiger partial charge in [-0.3, -0.25) is 0 Å². The summed E-state index contributed by atoms with van der Waals surface area (Å²) in [6.45, 7) is 8.81. The molecule has 0 aromatic rings. The summed E-state index contributed by atoms with van der Waals surface area (Å²) in [5.74, 6) is 0. The standard InChI is InChI=1S/C8H18O5.C7H16O/c9-1-3-11-5-7-13-8-6-12-4-2-10;1-3-5-6-7-8-4-2/h9-10H,1-8H2;3-7H2,1-2H3. The van der Waals surface area contributed by atoms with E-state index in [1.165, 1.54) is 19.3 Å². The Labute approximate surface area is 129 Å². The number of ether oxygens (including phenoxy) is 4. The number of rotatable bonds is 15. The van der Waals surface area contributed by atoms with Crippen LogP contribution in [0.2, 0.25) is 0 Å². The fourth-order valence-electron chi connectivity index (χ4n) is 1.27. The van der Waals surface area contributed by atoms with Gasteiger partial charge in [0.25, 0.3) is 0 Å². The fourth-order valence-corrected chi connectivity index (χ4v) is 1.27. The van der Waals surface area contributed by atoms with Gasteiger partial charge in [-0.15, -0.1) is 0 Å². The van der Waals surface area contributed by atoms with Crippen LogP contribution in [0.15, 0.2) is 0 Å². The third-order valence-electron chi connectivity index (χ3n) is 2.31. The smallest absolute Gasteiger partial charge is 0.0701 e. The monoisotopic (exact) mass is 310 g/mol. The van der Waals surface area contributed by atoms with Crippen molar-refractivity contribution in [1.29, 1.82) is 0 Å². The zero-order valence-electron chi connectivity index (χ0n) is 13.7. The van der Waals surface area contributed by atoms with Crippen LogP contribution in [0.5, 0.6) is 0 Å². The van der Waals surface area contributed by atoms with E-state index in [1.54, 1.807) is 0 Å². The number of hydrogen-bond donors (Lipinski definition) is 2. The van der Waals surface area contributed by atoms with Gasteiger partial charge >= 0.3 is 0 Å². The van der Waals surface area contributed by atoms with Crippen molar-refractivity contribution in [2.45, 2.75) is 33.1 Å². The zero-order valence-corrected chi connectivity index (χ0v) is 13.7. The van der Waals surface area contributed by atoms with Crippen LogP contribution < -0.4 is 0 Å². The summed E-state index contributed by atoms with van der Waals surface area (Å²) >= 11 is 0. The molecule has 6 nitrogen and oxygen atoms in total. The molecule has 0 unspecified atom stereocenters. The fraction of sp³-hybridized carbons (Fsp3) is 1.00. The minimum Gasteiger partial charge on any atom is -0.394 e. The minimum atomic E-state index is 0.0413. The predicted octanol–water partition coefficient (Wildman–Crippen LogP) is 1.23. The Bertz CT molecular complexity index is 141. The molecule has 0 fully saturated rings. The second kappa shape index (κ2) is 24.8. The van der Waals surface area contributed by atoms with Gasteiger partial charge in [-0.1, -0.05) is 19.8 Å². The molecule has 0 spiro atoms. The molecule has 21 heavy (non-hydrogen) atoms. The summed E-state index contributed by atoms with van der Waals surface area (Å²) in [6.07, 6.45) is 3.82. The highest BCUT2D eigenvalue weighted by Crippen LogP contribution is 1.92. The number of hydrogen-bond acceptors (Lipinski definition) is 6. The Hall–Kier alpha value is -0.240. The van der Waals surface area contributed by atoms with E-state index in [0.29, 0.717) is 39.6 Å². The molecule has 0 rings (SSSR count). The van der Waals surface area contributed by atoms with Crippen LogP contribution in [0, 0.1) is 0 Å². The van der Waals surface area contributed by atoms with Crippen LogP contribution >= 0.6 is 0 Å². The van der Waals surface area contributed by atoms with E-state index in [1.807, 2.05) is 6.92 Å². The molecule has 0 saturated heterocycles. The molecule has 0 radical (unpaired) electrons. The molecular weight excluding hydrogens is 276 g/mol. The van der Waals surface area contributed by atoms with E-state index in [-0.39, 0.29) is 13.2 Å². The van der Waals surface area contributed by atoms with Gasteiger partial charge in [-0.05, 0) is 13.3 Å². The lowest BCUT2D eigenvalue weighted by atomic mass is 10.3. The Morgan fingerprint density at radius 3 is 1.43 bits per heavy atom. The maximum absolute atomic E-state index is 8.36. The summed E-state index contributed by atoms with van der Waals surface area (Å²) in [4.78, 5) is 0. The SMILES string of the molecule is CCCCCOCC.OCCOCCOCCOCCO. The van der Waals surface area contributed by atoms with E-state index < -0.39 is 0 Å². The summed E-state index contributed by atoms with van der Waals surface area (Å²) in [5.41, 5.74) is 0. The third kappa shape index (κ3) is 28.6. The first-order chi connectivity index (χ1) is 10.3. The molecule has 0 heterocycles. The number of aliphatic hydroxyl groups is 2. The van der Waals surface area contributed by atoms with Gasteiger partial charge in [0.1, 0.15) is 0 Å². The lowest BCUT2D eigenvalue weighted by molar-refractivity contribution is 0.00230. The van der Waals surface area contributed by atoms with Gasteiger partial charge in [0.15, 0.2) is 0 Å². The van der Waals surface area contributed by atoms with Crippen molar-refractivity contribution in [1.82, 2.24) is 0 Å². The average molecular weight is 310 g/mol. The molecule has 0 aliphatic carbocycles. The molecule has 0 aromatic heterocycles. The molecule has 130 valence electrons. The van der Waals surface area contributed by atoms with Crippen molar-refractivity contribution in [3.8, 4) is 0 Å². The second-order valence-corrected chi connectivity index (χ2v) is 4.19. The van der Waals surface area contributed by atoms with Crippen molar-refractivity contribution < 1.29 is 29.2 Å². The lowest BCUT2D eigenvalue weighted by Crippen LogP contribution is -2.11. The van der Waals surface area contributed by atoms with Gasteiger partial charge in [0.2, 0.25) is 0 Å². The zero-order chi connectivity index (χ0) is 16.0. The first-order valence-corrected chi connectivity index (χ1v) is 7.86. The van der Waals surface area contributed by atoms with Gasteiger partial charge in [-0.25, -0.2) is 0 Å². The van der Waals surface area contributed by atoms with E-state index in [0.717, 1.165) is 13.2 Å². The molecule has 0 bridgehead atoms. The Morgan fingerprint density at radius 2 is 1.05 bits per heavy atom. The van der Waals surface area contributed by atoms with Crippen molar-refractivity contribution in [2.24, 2.45) is 0 Å². The normalized spacial score (nSPS) is 10.3. The molecule has 0 aliphatic heterocycles. The van der Waals surface area contributed by atoms with Crippen LogP contribution in [0.1, 0.15) is 33.1 Å². The van der Waals surface area contributed by atoms with Crippen molar-refractivity contribution in [3.05, 3.63) is 0 Å². The number of unbranched alkanes of at least 4 members (excludes halogenated alkanes) is 2. The summed E-state index contributed by atoms with van der Waals surface area (Å²) < 4.78 is 20.2. The van der Waals surface area contributed by atoms with Gasteiger partial charge < -0.3 is 29.2 Å². The largest absolute Gasteiger partial charge is 0.394 e. The molecule has 6 heteroatoms. The maximum atomic E-state index is 8.36. The highest BCUT2D eigenvalue weighted by atomic mass is 16.5. The van der Waals surface area contributed by atoms with E-state index in [2.05, 4.69) is 6.92 Å². The van der Waals surface area contributed by atoms with Crippen molar-refractivity contribution >= 4 is 0 Å². The number of aliphatic hydroxyl groups excluding tert-OH is 2. The Balaban J connectivity index is 0. The lowest BCUT2D eigenvalue weighted by Gasteiger charge is -2.04. The molecule has 0 aromatic carbocycles. The van der Waals surface area contributed by atoms with Crippen molar-refractivity contribution in [3.63, 3.8) is 0 Å². The van der Waals surface area contributed by atoms with Gasteiger partial charge in [-0.2, -0.15) is 0 Å². The highest BCUT2D eigenvalue weighted by molar-refractivity contribution is 4.34. The van der Waals surface area contributed by atoms with Crippen molar-refractivity contribution in [2.75, 3.05) is 66.1 Å². The molecule has 0 amide bonds. The van der Waals surface area contributed by atoms with Crippen LogP contribution in [0.3, 0.4) is 0 Å². The molecular formula is C15H34O6. The summed E-state index contributed by atoms with van der Waals surface area (Å²) in [7, 11) is 0. The molecule has 0 aliphatic rings. The molecule has 0 saturated carbocycles. The summed E-state index contributed by atoms with van der Waals surface area (Å²) in [6, 6.07) is 0. The van der Waals surface area contributed by atoms with Gasteiger partial charge in [0, 0.05) is 13.2 Å². The Morgan fingerprint density at radius 1 is 0.571 bits per heavy atom. The van der Waals surface area contributed by atoms with E-state index in [9.17, 15) is 0 Å². The van der Waals surface area contributed by atoms with Crippen LogP contribution in [0.25, 0.3) is 0 Å². The third-order valence-corrected chi connectivity index (χ3v) is 2.31. The second-order valence-electron chi connectivity index (χ2n) is 4.19. The minimum absolute atomic E-state index is 0.0413.